The van der Waals surface area contributed by atoms with Gasteiger partial charge in [-0.1, -0.05) is 18.2 Å². The van der Waals surface area contributed by atoms with Crippen LogP contribution in [0.1, 0.15) is 40.1 Å². The van der Waals surface area contributed by atoms with Crippen molar-refractivity contribution in [3.8, 4) is 5.75 Å². The molecular weight excluding hydrogens is 513 g/mol. The summed E-state index contributed by atoms with van der Waals surface area (Å²) >= 11 is 1.42. The van der Waals surface area contributed by atoms with Crippen LogP contribution in [0.3, 0.4) is 0 Å². The number of fused-ring (bicyclic) bond motifs is 3. The molecule has 2 atom stereocenters. The van der Waals surface area contributed by atoms with Crippen molar-refractivity contribution in [2.24, 2.45) is 0 Å². The van der Waals surface area contributed by atoms with E-state index < -0.39 is 52.6 Å². The highest BCUT2D eigenvalue weighted by Gasteiger charge is 2.47. The molecule has 37 heavy (non-hydrogen) atoms. The summed E-state index contributed by atoms with van der Waals surface area (Å²) in [7, 11) is 0. The van der Waals surface area contributed by atoms with Gasteiger partial charge in [-0.05, 0) is 35.7 Å². The Hall–Kier alpha value is -4.00. The van der Waals surface area contributed by atoms with Gasteiger partial charge in [0.25, 0.3) is 11.6 Å². The predicted molar refractivity (Wildman–Crippen MR) is 128 cm³/mol. The van der Waals surface area contributed by atoms with Crippen molar-refractivity contribution < 1.29 is 28.0 Å². The highest BCUT2D eigenvalue weighted by molar-refractivity contribution is 7.98. The molecule has 0 saturated carbocycles. The molecule has 3 heterocycles. The molecule has 5 rings (SSSR count). The van der Waals surface area contributed by atoms with E-state index in [2.05, 4.69) is 0 Å². The van der Waals surface area contributed by atoms with Crippen LogP contribution in [-0.2, 0) is 5.75 Å². The number of nitrogens with zero attached hydrogens (tertiary/aromatic N) is 4. The van der Waals surface area contributed by atoms with Gasteiger partial charge in [0.15, 0.2) is 11.4 Å². The van der Waals surface area contributed by atoms with E-state index in [0.717, 1.165) is 17.9 Å². The number of hydrogen-bond donors (Lipinski definition) is 1. The third kappa shape index (κ3) is 4.08. The van der Waals surface area contributed by atoms with Gasteiger partial charge in [0.2, 0.25) is 5.43 Å². The third-order valence-corrected chi connectivity index (χ3v) is 7.70. The fourth-order valence-corrected chi connectivity index (χ4v) is 5.70. The van der Waals surface area contributed by atoms with Crippen molar-refractivity contribution >= 4 is 23.4 Å². The number of benzene rings is 2. The van der Waals surface area contributed by atoms with E-state index in [1.807, 2.05) is 6.07 Å². The zero-order valence-electron chi connectivity index (χ0n) is 19.2. The van der Waals surface area contributed by atoms with E-state index in [0.29, 0.717) is 27.3 Å². The van der Waals surface area contributed by atoms with Gasteiger partial charge in [-0.15, -0.1) is 11.8 Å². The average molecular weight is 533 g/mol. The molecule has 2 aromatic carbocycles. The maximum atomic E-state index is 13.8. The normalized spacial score (nSPS) is 17.9. The molecule has 0 aliphatic carbocycles. The summed E-state index contributed by atoms with van der Waals surface area (Å²) in [5.74, 6) is -1.74. The van der Waals surface area contributed by atoms with E-state index in [1.165, 1.54) is 39.8 Å². The summed E-state index contributed by atoms with van der Waals surface area (Å²) < 4.78 is 42.5. The standard InChI is InChI=1S/C24H19F3N4O5S/c1-13(24(25,26)27)28-12-30(29-9-8-18(32)22(33)21(29)23(28)34)20-16-7-6-15(31(35)36)10-14(16)11-37-19-5-3-2-4-17(19)20/h2-10,13,20,33H,11-12H2,1H3/t13-,20+/m1/s1. The molecule has 0 radical (unpaired) electrons. The van der Waals surface area contributed by atoms with Crippen LogP contribution in [0.25, 0.3) is 0 Å². The number of non-ortho nitro benzene ring substituents is 1. The van der Waals surface area contributed by atoms with Gasteiger partial charge in [-0.25, -0.2) is 0 Å². The minimum atomic E-state index is -4.77. The van der Waals surface area contributed by atoms with Crippen LogP contribution >= 0.6 is 11.8 Å². The van der Waals surface area contributed by atoms with Gasteiger partial charge in [-0.2, -0.15) is 13.2 Å². The van der Waals surface area contributed by atoms with Gasteiger partial charge in [0, 0.05) is 35.0 Å². The number of hydrogen-bond acceptors (Lipinski definition) is 7. The van der Waals surface area contributed by atoms with E-state index in [4.69, 9.17) is 0 Å². The number of carbonyl (C=O) groups is 1. The van der Waals surface area contributed by atoms with Gasteiger partial charge >= 0.3 is 6.18 Å². The van der Waals surface area contributed by atoms with Crippen molar-refractivity contribution in [2.45, 2.75) is 35.8 Å². The van der Waals surface area contributed by atoms with Gasteiger partial charge in [0.1, 0.15) is 12.7 Å². The number of aromatic hydroxyl groups is 1. The molecule has 0 unspecified atom stereocenters. The van der Waals surface area contributed by atoms with Crippen LogP contribution in [0.15, 0.2) is 64.4 Å². The average Bonchev–Trinajstić information content (AvgIpc) is 3.02. The molecule has 13 heteroatoms. The number of rotatable bonds is 3. The molecular formula is C24H19F3N4O5S. The van der Waals surface area contributed by atoms with E-state index in [9.17, 15) is 38.0 Å². The molecule has 0 fully saturated rings. The molecule has 192 valence electrons. The minimum Gasteiger partial charge on any atom is -0.502 e. The molecule has 2 aliphatic rings. The third-order valence-electron chi connectivity index (χ3n) is 6.56. The van der Waals surface area contributed by atoms with Gasteiger partial charge in [0.05, 0.1) is 11.0 Å². The summed E-state index contributed by atoms with van der Waals surface area (Å²) in [5.41, 5.74) is 0.243. The van der Waals surface area contributed by atoms with Crippen molar-refractivity contribution in [3.05, 3.63) is 97.4 Å². The monoisotopic (exact) mass is 532 g/mol. The number of aromatic nitrogens is 1. The second-order valence-electron chi connectivity index (χ2n) is 8.66. The van der Waals surface area contributed by atoms with E-state index in [1.54, 1.807) is 24.3 Å². The first-order valence-electron chi connectivity index (χ1n) is 11.1. The number of alkyl halides is 3. The van der Waals surface area contributed by atoms with Crippen LogP contribution in [0.5, 0.6) is 5.75 Å². The lowest BCUT2D eigenvalue weighted by Crippen LogP contribution is -2.60. The highest BCUT2D eigenvalue weighted by Crippen LogP contribution is 2.44. The zero-order valence-corrected chi connectivity index (χ0v) is 20.0. The molecule has 0 bridgehead atoms. The lowest BCUT2D eigenvalue weighted by Gasteiger charge is -2.46. The van der Waals surface area contributed by atoms with Crippen molar-refractivity contribution in [1.29, 1.82) is 0 Å². The summed E-state index contributed by atoms with van der Waals surface area (Å²) in [6.07, 6.45) is -3.54. The number of thioether (sulfide) groups is 1. The Morgan fingerprint density at radius 2 is 1.86 bits per heavy atom. The second kappa shape index (κ2) is 8.83. The lowest BCUT2D eigenvalue weighted by atomic mass is 9.94. The van der Waals surface area contributed by atoms with Crippen molar-refractivity contribution in [3.63, 3.8) is 0 Å². The lowest BCUT2D eigenvalue weighted by molar-refractivity contribution is -0.384. The maximum Gasteiger partial charge on any atom is 0.408 e. The summed E-state index contributed by atoms with van der Waals surface area (Å²) in [4.78, 5) is 37.6. The Morgan fingerprint density at radius 1 is 1.14 bits per heavy atom. The summed E-state index contributed by atoms with van der Waals surface area (Å²) in [6.45, 7) is 0.299. The Morgan fingerprint density at radius 3 is 2.57 bits per heavy atom. The largest absolute Gasteiger partial charge is 0.502 e. The van der Waals surface area contributed by atoms with Crippen LogP contribution in [-0.4, -0.2) is 44.4 Å². The number of nitro groups is 1. The molecule has 0 saturated heterocycles. The first-order valence-corrected chi connectivity index (χ1v) is 12.1. The molecule has 9 nitrogen and oxygen atoms in total. The number of nitro benzene ring substituents is 1. The number of halogens is 3. The Labute approximate surface area is 211 Å². The van der Waals surface area contributed by atoms with E-state index >= 15 is 0 Å². The summed E-state index contributed by atoms with van der Waals surface area (Å²) in [5, 5.41) is 23.4. The fraction of sp³-hybridized carbons (Fsp3) is 0.250. The molecule has 2 aliphatic heterocycles. The molecule has 0 spiro atoms. The van der Waals surface area contributed by atoms with Gasteiger partial charge in [-0.3, -0.25) is 29.4 Å². The Bertz CT molecular complexity index is 1490. The SMILES string of the molecule is C[C@@H](N1CN([C@H]2c3ccc([N+](=O)[O-])cc3CSc3ccccc32)n2ccc(=O)c(O)c2C1=O)C(F)(F)F. The first kappa shape index (κ1) is 24.7. The molecule has 1 amide bonds. The van der Waals surface area contributed by atoms with Crippen LogP contribution in [0.4, 0.5) is 18.9 Å². The molecule has 1 N–H and O–H groups in total. The zero-order chi connectivity index (χ0) is 26.6. The Balaban J connectivity index is 1.78. The summed E-state index contributed by atoms with van der Waals surface area (Å²) in [6, 6.07) is 9.48. The number of amides is 1. The molecule has 3 aromatic rings. The van der Waals surface area contributed by atoms with Crippen molar-refractivity contribution in [1.82, 2.24) is 9.58 Å². The quantitative estimate of drug-likeness (QED) is 0.399. The molecule has 1 aromatic heterocycles. The number of carbonyl (C=O) groups excluding carboxylic acids is 1. The van der Waals surface area contributed by atoms with Crippen LogP contribution in [0.2, 0.25) is 0 Å². The predicted octanol–water partition coefficient (Wildman–Crippen LogP) is 4.16. The first-order chi connectivity index (χ1) is 17.5. The second-order valence-corrected chi connectivity index (χ2v) is 9.68. The van der Waals surface area contributed by atoms with E-state index in [-0.39, 0.29) is 5.69 Å². The van der Waals surface area contributed by atoms with Crippen LogP contribution < -0.4 is 10.4 Å². The number of pyridine rings is 1. The highest BCUT2D eigenvalue weighted by atomic mass is 32.2. The van der Waals surface area contributed by atoms with Crippen molar-refractivity contribution in [2.75, 3.05) is 11.7 Å². The Kier molecular flexibility index (Phi) is 5.89. The van der Waals surface area contributed by atoms with Gasteiger partial charge < -0.3 is 10.0 Å². The topological polar surface area (TPSA) is 109 Å². The maximum absolute atomic E-state index is 13.8. The smallest absolute Gasteiger partial charge is 0.408 e. The van der Waals surface area contributed by atoms with Crippen LogP contribution in [0, 0.1) is 10.1 Å². The minimum absolute atomic E-state index is 0.133. The fourth-order valence-electron chi connectivity index (χ4n) is 4.62.